The van der Waals surface area contributed by atoms with E-state index in [-0.39, 0.29) is 10.6 Å². The molecule has 1 nitrogen and oxygen atoms in total. The molecule has 0 atom stereocenters. The third-order valence-electron chi connectivity index (χ3n) is 1.48. The maximum atomic E-state index is 12.8. The number of nitrogens with zero attached hydrogens (tertiary/aromatic N) is 1. The van der Waals surface area contributed by atoms with E-state index in [0.717, 1.165) is 10.0 Å². The molecule has 0 aliphatic heterocycles. The van der Waals surface area contributed by atoms with Crippen LogP contribution in [0.15, 0.2) is 27.1 Å². The van der Waals surface area contributed by atoms with E-state index in [0.29, 0.717) is 0 Å². The van der Waals surface area contributed by atoms with Crippen molar-refractivity contribution in [1.29, 1.82) is 0 Å². The zero-order valence-electron chi connectivity index (χ0n) is 8.92. The maximum absolute atomic E-state index is 12.8. The lowest BCUT2D eigenvalue weighted by Gasteiger charge is -2.12. The van der Waals surface area contributed by atoms with Gasteiger partial charge in [0.05, 0.1) is 0 Å². The Hall–Kier alpha value is -0.350. The maximum Gasteiger partial charge on any atom is 0.124 e. The van der Waals surface area contributed by atoms with Gasteiger partial charge in [-0.1, -0.05) is 15.9 Å². The third-order valence-corrected chi connectivity index (χ3v) is 2.93. The van der Waals surface area contributed by atoms with Crippen molar-refractivity contribution in [2.45, 2.75) is 25.5 Å². The molecule has 0 fully saturated rings. The van der Waals surface area contributed by atoms with Crippen LogP contribution in [0.3, 0.4) is 0 Å². The fraction of sp³-hybridized carbons (Fsp3) is 0.364. The zero-order chi connectivity index (χ0) is 11.5. The zero-order valence-corrected chi connectivity index (χ0v) is 11.3. The third kappa shape index (κ3) is 4.80. The summed E-state index contributed by atoms with van der Waals surface area (Å²) in [5.41, 5.74) is 0.883. The minimum Gasteiger partial charge on any atom is -0.223 e. The lowest BCUT2D eigenvalue weighted by Crippen LogP contribution is -2.05. The molecule has 1 aromatic carbocycles. The van der Waals surface area contributed by atoms with E-state index < -0.39 is 0 Å². The van der Waals surface area contributed by atoms with E-state index in [2.05, 4.69) is 41.1 Å². The van der Waals surface area contributed by atoms with Crippen LogP contribution in [0, 0.1) is 5.82 Å². The lowest BCUT2D eigenvalue weighted by atomic mass is 10.2. The van der Waals surface area contributed by atoms with E-state index in [4.69, 9.17) is 0 Å². The Labute approximate surface area is 102 Å². The number of halogens is 2. The Morgan fingerprint density at radius 1 is 1.40 bits per heavy atom. The summed E-state index contributed by atoms with van der Waals surface area (Å²) in [6.45, 7) is 6.28. The van der Waals surface area contributed by atoms with Gasteiger partial charge in [0.1, 0.15) is 5.82 Å². The van der Waals surface area contributed by atoms with Gasteiger partial charge in [-0.05, 0) is 50.9 Å². The summed E-state index contributed by atoms with van der Waals surface area (Å²) in [6.07, 6.45) is 1.74. The van der Waals surface area contributed by atoms with Crippen LogP contribution in [0.5, 0.6) is 0 Å². The Kier molecular flexibility index (Phi) is 4.34. The predicted octanol–water partition coefficient (Wildman–Crippen LogP) is 4.45. The van der Waals surface area contributed by atoms with Crippen molar-refractivity contribution < 1.29 is 4.39 Å². The largest absolute Gasteiger partial charge is 0.223 e. The summed E-state index contributed by atoms with van der Waals surface area (Å²) in [4.78, 5) is 0. The molecule has 0 radical (unpaired) electrons. The van der Waals surface area contributed by atoms with Gasteiger partial charge in [-0.25, -0.2) is 8.79 Å². The highest BCUT2D eigenvalue weighted by molar-refractivity contribution is 9.10. The average molecular weight is 290 g/mol. The monoisotopic (exact) mass is 289 g/mol. The molecule has 0 saturated heterocycles. The van der Waals surface area contributed by atoms with Crippen molar-refractivity contribution in [2.75, 3.05) is 0 Å². The topological polar surface area (TPSA) is 12.4 Å². The standard InChI is InChI=1S/C11H13BrFNS/c1-11(2,3)15-14-7-8-4-5-9(13)6-10(8)12/h4-7H,1-3H3. The molecule has 15 heavy (non-hydrogen) atoms. The summed E-state index contributed by atoms with van der Waals surface area (Å²) < 4.78 is 17.8. The number of rotatable bonds is 2. The minimum absolute atomic E-state index is 0.100. The number of hydrogen-bond acceptors (Lipinski definition) is 2. The quantitative estimate of drug-likeness (QED) is 0.579. The molecule has 0 saturated carbocycles. The summed E-state index contributed by atoms with van der Waals surface area (Å²) in [5.74, 6) is -0.248. The molecule has 0 unspecified atom stereocenters. The first-order valence-corrected chi connectivity index (χ1v) is 6.12. The van der Waals surface area contributed by atoms with Crippen LogP contribution in [0.4, 0.5) is 4.39 Å². The molecule has 1 aromatic rings. The SMILES string of the molecule is CC(C)(C)SN=Cc1ccc(F)cc1Br. The molecule has 0 bridgehead atoms. The first kappa shape index (κ1) is 12.7. The molecule has 0 amide bonds. The van der Waals surface area contributed by atoms with Crippen molar-refractivity contribution in [3.63, 3.8) is 0 Å². The van der Waals surface area contributed by atoms with Gasteiger partial charge < -0.3 is 0 Å². The molecule has 0 heterocycles. The van der Waals surface area contributed by atoms with Gasteiger partial charge in [-0.3, -0.25) is 0 Å². The van der Waals surface area contributed by atoms with Crippen molar-refractivity contribution in [2.24, 2.45) is 4.40 Å². The summed E-state index contributed by atoms with van der Waals surface area (Å²) in [5, 5.41) is 0. The first-order valence-electron chi connectivity index (χ1n) is 4.55. The highest BCUT2D eigenvalue weighted by atomic mass is 79.9. The van der Waals surface area contributed by atoms with Crippen LogP contribution in [0.25, 0.3) is 0 Å². The van der Waals surface area contributed by atoms with E-state index in [1.54, 1.807) is 12.3 Å². The summed E-state index contributed by atoms with van der Waals surface area (Å²) in [6, 6.07) is 4.56. The number of hydrogen-bond donors (Lipinski definition) is 0. The van der Waals surface area contributed by atoms with Crippen LogP contribution >= 0.6 is 27.9 Å². The van der Waals surface area contributed by atoms with Crippen LogP contribution in [-0.4, -0.2) is 11.0 Å². The second kappa shape index (κ2) is 5.12. The highest BCUT2D eigenvalue weighted by Crippen LogP contribution is 2.24. The van der Waals surface area contributed by atoms with E-state index in [1.807, 2.05) is 0 Å². The average Bonchev–Trinajstić information content (AvgIpc) is 2.07. The molecule has 1 rings (SSSR count). The molecule has 0 aliphatic carbocycles. The second-order valence-corrected chi connectivity index (χ2v) is 6.58. The van der Waals surface area contributed by atoms with Crippen molar-refractivity contribution in [3.05, 3.63) is 34.1 Å². The summed E-state index contributed by atoms with van der Waals surface area (Å²) >= 11 is 4.78. The Morgan fingerprint density at radius 2 is 2.07 bits per heavy atom. The van der Waals surface area contributed by atoms with Gasteiger partial charge in [0.25, 0.3) is 0 Å². The molecular weight excluding hydrogens is 277 g/mol. The van der Waals surface area contributed by atoms with Gasteiger partial charge in [0.2, 0.25) is 0 Å². The minimum atomic E-state index is -0.248. The lowest BCUT2D eigenvalue weighted by molar-refractivity contribution is 0.627. The molecular formula is C11H13BrFNS. The molecule has 0 N–H and O–H groups in total. The fourth-order valence-corrected chi connectivity index (χ4v) is 1.78. The van der Waals surface area contributed by atoms with E-state index in [1.165, 1.54) is 24.1 Å². The molecule has 82 valence electrons. The van der Waals surface area contributed by atoms with Crippen molar-refractivity contribution >= 4 is 34.1 Å². The van der Waals surface area contributed by atoms with Gasteiger partial charge in [-0.15, -0.1) is 0 Å². The predicted molar refractivity (Wildman–Crippen MR) is 69.0 cm³/mol. The molecule has 4 heteroatoms. The number of benzene rings is 1. The van der Waals surface area contributed by atoms with Crippen LogP contribution in [0.2, 0.25) is 0 Å². The Morgan fingerprint density at radius 3 is 2.60 bits per heavy atom. The van der Waals surface area contributed by atoms with Crippen LogP contribution < -0.4 is 0 Å². The van der Waals surface area contributed by atoms with E-state index in [9.17, 15) is 4.39 Å². The van der Waals surface area contributed by atoms with Crippen molar-refractivity contribution in [3.8, 4) is 0 Å². The molecule has 0 spiro atoms. The second-order valence-electron chi connectivity index (χ2n) is 4.10. The van der Waals surface area contributed by atoms with Crippen LogP contribution in [-0.2, 0) is 0 Å². The Bertz CT molecular complexity index is 371. The summed E-state index contributed by atoms with van der Waals surface area (Å²) in [7, 11) is 0. The molecule has 0 aromatic heterocycles. The van der Waals surface area contributed by atoms with Gasteiger partial charge in [0, 0.05) is 21.0 Å². The van der Waals surface area contributed by atoms with Crippen LogP contribution in [0.1, 0.15) is 26.3 Å². The Balaban J connectivity index is 2.73. The van der Waals surface area contributed by atoms with Gasteiger partial charge in [-0.2, -0.15) is 0 Å². The van der Waals surface area contributed by atoms with E-state index >= 15 is 0 Å². The van der Waals surface area contributed by atoms with Crippen molar-refractivity contribution in [1.82, 2.24) is 0 Å². The smallest absolute Gasteiger partial charge is 0.124 e. The molecule has 0 aliphatic rings. The first-order chi connectivity index (χ1) is 6.88. The van der Waals surface area contributed by atoms with Gasteiger partial charge in [0.15, 0.2) is 0 Å². The highest BCUT2D eigenvalue weighted by Gasteiger charge is 2.09. The fourth-order valence-electron chi connectivity index (χ4n) is 0.847. The normalized spacial score (nSPS) is 12.3. The van der Waals surface area contributed by atoms with Gasteiger partial charge >= 0.3 is 0 Å².